The van der Waals surface area contributed by atoms with E-state index in [9.17, 15) is 14.4 Å². The van der Waals surface area contributed by atoms with Crippen LogP contribution in [0.3, 0.4) is 0 Å². The second-order valence-corrected chi connectivity index (χ2v) is 7.24. The van der Waals surface area contributed by atoms with E-state index in [2.05, 4.69) is 5.32 Å². The van der Waals surface area contributed by atoms with Crippen LogP contribution in [-0.4, -0.2) is 63.1 Å². The van der Waals surface area contributed by atoms with Crippen molar-refractivity contribution in [3.8, 4) is 0 Å². The highest BCUT2D eigenvalue weighted by molar-refractivity contribution is 6.45. The lowest BCUT2D eigenvalue weighted by molar-refractivity contribution is -0.121. The van der Waals surface area contributed by atoms with Crippen LogP contribution < -0.4 is 10.2 Å². The van der Waals surface area contributed by atoms with Gasteiger partial charge in [-0.05, 0) is 29.8 Å². The van der Waals surface area contributed by atoms with Gasteiger partial charge in [0, 0.05) is 39.9 Å². The summed E-state index contributed by atoms with van der Waals surface area (Å²) in [7, 11) is 3.18. The summed E-state index contributed by atoms with van der Waals surface area (Å²) in [5.41, 5.74) is 2.34. The van der Waals surface area contributed by atoms with Gasteiger partial charge in [-0.3, -0.25) is 14.4 Å². The van der Waals surface area contributed by atoms with Crippen LogP contribution in [0.1, 0.15) is 12.5 Å². The number of amides is 3. The molecule has 0 radical (unpaired) electrons. The van der Waals surface area contributed by atoms with E-state index >= 15 is 0 Å². The third-order valence-corrected chi connectivity index (χ3v) is 5.01. The number of rotatable bonds is 10. The quantitative estimate of drug-likeness (QED) is 0.575. The predicted octanol–water partition coefficient (Wildman–Crippen LogP) is 2.52. The Morgan fingerprint density at radius 1 is 0.906 bits per heavy atom. The maximum atomic E-state index is 13.6. The summed E-state index contributed by atoms with van der Waals surface area (Å²) in [6.07, 6.45) is 0. The molecule has 32 heavy (non-hydrogen) atoms. The van der Waals surface area contributed by atoms with E-state index < -0.39 is 11.8 Å². The molecule has 3 rings (SSSR count). The molecule has 0 atom stereocenters. The van der Waals surface area contributed by atoms with Crippen molar-refractivity contribution in [2.45, 2.75) is 6.92 Å². The van der Waals surface area contributed by atoms with Gasteiger partial charge in [0.15, 0.2) is 0 Å². The van der Waals surface area contributed by atoms with Crippen molar-refractivity contribution in [3.63, 3.8) is 0 Å². The minimum Gasteiger partial charge on any atom is -0.383 e. The third-order valence-electron chi connectivity index (χ3n) is 5.01. The number of imide groups is 1. The zero-order chi connectivity index (χ0) is 23.1. The van der Waals surface area contributed by atoms with Crippen LogP contribution in [0.25, 0.3) is 5.57 Å². The molecule has 8 heteroatoms. The topological polar surface area (TPSA) is 88.2 Å². The van der Waals surface area contributed by atoms with Crippen LogP contribution in [0.4, 0.5) is 11.4 Å². The summed E-state index contributed by atoms with van der Waals surface area (Å²) in [5.74, 6) is -1.01. The molecule has 0 fully saturated rings. The van der Waals surface area contributed by atoms with Crippen LogP contribution >= 0.6 is 0 Å². The molecule has 168 valence electrons. The summed E-state index contributed by atoms with van der Waals surface area (Å²) >= 11 is 0. The smallest absolute Gasteiger partial charge is 0.282 e. The molecule has 0 unspecified atom stereocenters. The van der Waals surface area contributed by atoms with Gasteiger partial charge in [0.1, 0.15) is 5.70 Å². The van der Waals surface area contributed by atoms with Gasteiger partial charge in [-0.15, -0.1) is 0 Å². The lowest BCUT2D eigenvalue weighted by atomic mass is 10.0. The van der Waals surface area contributed by atoms with Gasteiger partial charge < -0.3 is 19.7 Å². The number of hydrogen-bond acceptors (Lipinski definition) is 6. The number of nitrogens with one attached hydrogen (secondary N) is 1. The van der Waals surface area contributed by atoms with E-state index in [4.69, 9.17) is 9.47 Å². The molecule has 2 aromatic rings. The average molecular weight is 437 g/mol. The Bertz CT molecular complexity index is 994. The van der Waals surface area contributed by atoms with E-state index in [1.165, 1.54) is 11.8 Å². The minimum atomic E-state index is -0.409. The van der Waals surface area contributed by atoms with Crippen molar-refractivity contribution in [3.05, 3.63) is 65.9 Å². The maximum Gasteiger partial charge on any atom is 0.282 e. The van der Waals surface area contributed by atoms with Gasteiger partial charge >= 0.3 is 0 Å². The van der Waals surface area contributed by atoms with Gasteiger partial charge in [0.2, 0.25) is 5.91 Å². The summed E-state index contributed by atoms with van der Waals surface area (Å²) < 4.78 is 10.4. The Labute approximate surface area is 187 Å². The number of nitrogens with zero attached hydrogens (tertiary/aromatic N) is 2. The summed E-state index contributed by atoms with van der Waals surface area (Å²) in [6.45, 7) is 3.06. The fourth-order valence-corrected chi connectivity index (χ4v) is 3.55. The fourth-order valence-electron chi connectivity index (χ4n) is 3.55. The number of hydrogen-bond donors (Lipinski definition) is 1. The van der Waals surface area contributed by atoms with Gasteiger partial charge in [-0.1, -0.05) is 30.3 Å². The summed E-state index contributed by atoms with van der Waals surface area (Å²) in [5, 5.41) is 2.68. The number of carbonyl (C=O) groups excluding carboxylic acids is 3. The molecule has 1 N–H and O–H groups in total. The number of benzene rings is 2. The molecule has 2 aromatic carbocycles. The zero-order valence-electron chi connectivity index (χ0n) is 18.5. The minimum absolute atomic E-state index is 0.201. The van der Waals surface area contributed by atoms with Crippen molar-refractivity contribution in [2.75, 3.05) is 50.7 Å². The molecule has 0 saturated carbocycles. The highest BCUT2D eigenvalue weighted by atomic mass is 16.5. The first kappa shape index (κ1) is 23.2. The number of ether oxygens (including phenoxy) is 2. The van der Waals surface area contributed by atoms with Crippen LogP contribution in [0, 0.1) is 0 Å². The van der Waals surface area contributed by atoms with Crippen LogP contribution in [-0.2, 0) is 23.9 Å². The van der Waals surface area contributed by atoms with Crippen molar-refractivity contribution in [1.82, 2.24) is 4.90 Å². The Hall–Kier alpha value is -3.49. The van der Waals surface area contributed by atoms with Crippen LogP contribution in [0.5, 0.6) is 0 Å². The molecule has 1 aliphatic heterocycles. The van der Waals surface area contributed by atoms with Crippen LogP contribution in [0.15, 0.2) is 60.3 Å². The second kappa shape index (κ2) is 10.7. The first-order valence-corrected chi connectivity index (χ1v) is 10.3. The normalized spacial score (nSPS) is 13.7. The Morgan fingerprint density at radius 2 is 1.50 bits per heavy atom. The summed E-state index contributed by atoms with van der Waals surface area (Å²) in [6, 6.07) is 15.7. The van der Waals surface area contributed by atoms with Crippen LogP contribution in [0.2, 0.25) is 0 Å². The van der Waals surface area contributed by atoms with Gasteiger partial charge in [0.25, 0.3) is 11.8 Å². The summed E-state index contributed by atoms with van der Waals surface area (Å²) in [4.78, 5) is 41.4. The molecule has 0 spiro atoms. The lowest BCUT2D eigenvalue weighted by Gasteiger charge is -2.25. The van der Waals surface area contributed by atoms with E-state index in [1.54, 1.807) is 38.5 Å². The molecule has 8 nitrogen and oxygen atoms in total. The monoisotopic (exact) mass is 437 g/mol. The highest BCUT2D eigenvalue weighted by Crippen LogP contribution is 2.35. The van der Waals surface area contributed by atoms with Gasteiger partial charge in [0.05, 0.1) is 24.5 Å². The van der Waals surface area contributed by atoms with E-state index in [0.717, 1.165) is 0 Å². The van der Waals surface area contributed by atoms with E-state index in [0.29, 0.717) is 54.5 Å². The van der Waals surface area contributed by atoms with Crippen molar-refractivity contribution in [2.24, 2.45) is 0 Å². The number of carbonyl (C=O) groups is 3. The van der Waals surface area contributed by atoms with Crippen molar-refractivity contribution < 1.29 is 23.9 Å². The molecule has 0 aromatic heterocycles. The molecule has 0 aliphatic carbocycles. The highest BCUT2D eigenvalue weighted by Gasteiger charge is 2.42. The van der Waals surface area contributed by atoms with Crippen molar-refractivity contribution >= 4 is 34.7 Å². The van der Waals surface area contributed by atoms with E-state index in [1.807, 2.05) is 35.2 Å². The zero-order valence-corrected chi connectivity index (χ0v) is 18.5. The Kier molecular flexibility index (Phi) is 7.75. The molecular formula is C24H27N3O5. The first-order valence-electron chi connectivity index (χ1n) is 10.3. The second-order valence-electron chi connectivity index (χ2n) is 7.24. The largest absolute Gasteiger partial charge is 0.383 e. The van der Waals surface area contributed by atoms with Crippen molar-refractivity contribution in [1.29, 1.82) is 0 Å². The number of methoxy groups -OCH3 is 2. The first-order chi connectivity index (χ1) is 15.5. The van der Waals surface area contributed by atoms with Gasteiger partial charge in [-0.2, -0.15) is 0 Å². The molecule has 3 amide bonds. The Balaban J connectivity index is 2.04. The lowest BCUT2D eigenvalue weighted by Crippen LogP contribution is -2.37. The maximum absolute atomic E-state index is 13.6. The fraction of sp³-hybridized carbons (Fsp3) is 0.292. The SMILES string of the molecule is COCCN(CCOC)C1=C(c2ccccc2)C(=O)N(c2ccc(NC(C)=O)cc2)C1=O. The molecule has 1 heterocycles. The molecule has 0 saturated heterocycles. The standard InChI is InChI=1S/C24H27N3O5/c1-17(28)25-19-9-11-20(12-10-19)27-23(29)21(18-7-5-4-6-8-18)22(24(27)30)26(13-15-31-2)14-16-32-3/h4-12H,13-16H2,1-3H3,(H,25,28). The predicted molar refractivity (Wildman–Crippen MR) is 122 cm³/mol. The molecular weight excluding hydrogens is 410 g/mol. The molecule has 0 bridgehead atoms. The molecule has 1 aliphatic rings. The average Bonchev–Trinajstić information content (AvgIpc) is 3.05. The number of anilines is 2. The van der Waals surface area contributed by atoms with Gasteiger partial charge in [-0.25, -0.2) is 4.90 Å². The third kappa shape index (κ3) is 5.04. The Morgan fingerprint density at radius 3 is 2.03 bits per heavy atom. The van der Waals surface area contributed by atoms with E-state index in [-0.39, 0.29) is 5.91 Å².